The third kappa shape index (κ3) is 5.65. The van der Waals surface area contributed by atoms with Gasteiger partial charge in [-0.05, 0) is 24.3 Å². The number of hydrogen-bond donors (Lipinski definition) is 2. The van der Waals surface area contributed by atoms with Crippen molar-refractivity contribution in [3.63, 3.8) is 0 Å². The van der Waals surface area contributed by atoms with Crippen molar-refractivity contribution in [1.29, 1.82) is 0 Å². The highest BCUT2D eigenvalue weighted by Gasteiger charge is 2.09. The van der Waals surface area contributed by atoms with Crippen molar-refractivity contribution in [2.45, 2.75) is 6.42 Å². The molecule has 0 fully saturated rings. The van der Waals surface area contributed by atoms with Crippen molar-refractivity contribution in [2.24, 2.45) is 5.10 Å². The number of rotatable bonds is 7. The molecule has 130 valence electrons. The van der Waals surface area contributed by atoms with E-state index in [1.165, 1.54) is 13.3 Å². The number of hydrogen-bond acceptors (Lipinski definition) is 5. The van der Waals surface area contributed by atoms with Gasteiger partial charge in [0.15, 0.2) is 0 Å². The zero-order valence-corrected chi connectivity index (χ0v) is 14.0. The number of benzene rings is 2. The molecule has 0 radical (unpaired) electrons. The van der Waals surface area contributed by atoms with Crippen molar-refractivity contribution >= 4 is 23.7 Å². The van der Waals surface area contributed by atoms with Crippen LogP contribution in [0.3, 0.4) is 0 Å². The normalized spacial score (nSPS) is 10.3. The molecule has 0 atom stereocenters. The van der Waals surface area contributed by atoms with Crippen molar-refractivity contribution in [1.82, 2.24) is 5.43 Å². The lowest BCUT2D eigenvalue weighted by molar-refractivity contribution is -0.126. The van der Waals surface area contributed by atoms with Crippen molar-refractivity contribution in [3.8, 4) is 11.5 Å². The van der Waals surface area contributed by atoms with Crippen LogP contribution in [0.2, 0.25) is 0 Å². The highest BCUT2D eigenvalue weighted by molar-refractivity contribution is 6.03. The summed E-state index contributed by atoms with van der Waals surface area (Å²) in [4.78, 5) is 23.5. The van der Waals surface area contributed by atoms with E-state index >= 15 is 0 Å². The summed E-state index contributed by atoms with van der Waals surface area (Å²) in [7, 11) is 3.09. The monoisotopic (exact) mass is 341 g/mol. The first-order chi connectivity index (χ1) is 12.1. The molecule has 0 saturated carbocycles. The van der Waals surface area contributed by atoms with Gasteiger partial charge >= 0.3 is 0 Å². The lowest BCUT2D eigenvalue weighted by Gasteiger charge is -2.07. The van der Waals surface area contributed by atoms with Crippen molar-refractivity contribution < 1.29 is 19.1 Å². The van der Waals surface area contributed by atoms with Gasteiger partial charge in [0, 0.05) is 17.3 Å². The fourth-order valence-electron chi connectivity index (χ4n) is 2.01. The standard InChI is InChI=1S/C18H19N3O4/c1-24-15-9-8-13(16(10-15)25-2)12-19-21-18(23)11-17(22)20-14-6-4-3-5-7-14/h3-10,12H,11H2,1-2H3,(H,20,22)(H,21,23). The predicted octanol–water partition coefficient (Wildman–Crippen LogP) is 2.18. The van der Waals surface area contributed by atoms with Crippen LogP contribution >= 0.6 is 0 Å². The lowest BCUT2D eigenvalue weighted by Crippen LogP contribution is -2.24. The maximum atomic E-state index is 11.8. The predicted molar refractivity (Wildman–Crippen MR) is 95.0 cm³/mol. The minimum atomic E-state index is -0.517. The van der Waals surface area contributed by atoms with E-state index in [-0.39, 0.29) is 6.42 Å². The van der Waals surface area contributed by atoms with Crippen LogP contribution in [0.5, 0.6) is 11.5 Å². The van der Waals surface area contributed by atoms with E-state index in [2.05, 4.69) is 15.8 Å². The fraction of sp³-hybridized carbons (Fsp3) is 0.167. The van der Waals surface area contributed by atoms with Gasteiger partial charge in [0.05, 0.1) is 20.4 Å². The van der Waals surface area contributed by atoms with Gasteiger partial charge in [-0.1, -0.05) is 18.2 Å². The molecule has 25 heavy (non-hydrogen) atoms. The summed E-state index contributed by atoms with van der Waals surface area (Å²) < 4.78 is 10.3. The largest absolute Gasteiger partial charge is 0.497 e. The fourth-order valence-corrected chi connectivity index (χ4v) is 2.01. The summed E-state index contributed by atoms with van der Waals surface area (Å²) in [5, 5.41) is 6.47. The lowest BCUT2D eigenvalue weighted by atomic mass is 10.2. The number of para-hydroxylation sites is 1. The second kappa shape index (κ2) is 9.07. The molecular formula is C18H19N3O4. The third-order valence-electron chi connectivity index (χ3n) is 3.21. The van der Waals surface area contributed by atoms with E-state index in [9.17, 15) is 9.59 Å². The molecule has 2 rings (SSSR count). The van der Waals surface area contributed by atoms with Crippen LogP contribution in [0.4, 0.5) is 5.69 Å². The Morgan fingerprint density at radius 1 is 1.04 bits per heavy atom. The molecule has 0 heterocycles. The average molecular weight is 341 g/mol. The minimum absolute atomic E-state index is 0.327. The molecule has 7 nitrogen and oxygen atoms in total. The van der Waals surface area contributed by atoms with Gasteiger partial charge in [0.25, 0.3) is 0 Å². The molecule has 2 aromatic carbocycles. The Kier molecular flexibility index (Phi) is 6.53. The molecule has 0 bridgehead atoms. The number of carbonyl (C=O) groups excluding carboxylic acids is 2. The zero-order valence-electron chi connectivity index (χ0n) is 14.0. The summed E-state index contributed by atoms with van der Waals surface area (Å²) in [5.74, 6) is 0.271. The van der Waals surface area contributed by atoms with Crippen LogP contribution in [-0.4, -0.2) is 32.2 Å². The van der Waals surface area contributed by atoms with Gasteiger partial charge in [-0.25, -0.2) is 5.43 Å². The summed E-state index contributed by atoms with van der Waals surface area (Å²) >= 11 is 0. The number of amides is 2. The van der Waals surface area contributed by atoms with Crippen LogP contribution in [0.15, 0.2) is 53.6 Å². The molecule has 0 saturated heterocycles. The Hall–Kier alpha value is -3.35. The number of nitrogens with one attached hydrogen (secondary N) is 2. The number of methoxy groups -OCH3 is 2. The first kappa shape index (κ1) is 18.0. The van der Waals surface area contributed by atoms with Gasteiger partial charge in [-0.15, -0.1) is 0 Å². The molecule has 0 aliphatic rings. The van der Waals surface area contributed by atoms with Gasteiger partial charge in [0.2, 0.25) is 11.8 Å². The van der Waals surface area contributed by atoms with E-state index in [4.69, 9.17) is 9.47 Å². The van der Waals surface area contributed by atoms with Gasteiger partial charge < -0.3 is 14.8 Å². The van der Waals surface area contributed by atoms with E-state index in [0.717, 1.165) is 0 Å². The summed E-state index contributed by atoms with van der Waals surface area (Å²) in [6.45, 7) is 0. The highest BCUT2D eigenvalue weighted by Crippen LogP contribution is 2.22. The Bertz CT molecular complexity index is 760. The van der Waals surface area contributed by atoms with Crippen LogP contribution < -0.4 is 20.2 Å². The Labute approximate surface area is 145 Å². The van der Waals surface area contributed by atoms with Gasteiger partial charge in [0.1, 0.15) is 17.9 Å². The maximum absolute atomic E-state index is 11.8. The Balaban J connectivity index is 1.87. The SMILES string of the molecule is COc1ccc(C=NNC(=O)CC(=O)Nc2ccccc2)c(OC)c1. The van der Waals surface area contributed by atoms with Crippen LogP contribution in [0.25, 0.3) is 0 Å². The van der Waals surface area contributed by atoms with E-state index in [1.807, 2.05) is 6.07 Å². The van der Waals surface area contributed by atoms with Crippen molar-refractivity contribution in [2.75, 3.05) is 19.5 Å². The molecule has 2 N–H and O–H groups in total. The van der Waals surface area contributed by atoms with Gasteiger partial charge in [-0.3, -0.25) is 9.59 Å². The van der Waals surface area contributed by atoms with E-state index < -0.39 is 11.8 Å². The first-order valence-corrected chi connectivity index (χ1v) is 7.51. The molecule has 7 heteroatoms. The quantitative estimate of drug-likeness (QED) is 0.459. The molecule has 0 unspecified atom stereocenters. The van der Waals surface area contributed by atoms with Gasteiger partial charge in [-0.2, -0.15) is 5.10 Å². The van der Waals surface area contributed by atoms with E-state index in [0.29, 0.717) is 22.7 Å². The number of anilines is 1. The molecule has 2 amide bonds. The topological polar surface area (TPSA) is 89.0 Å². The van der Waals surface area contributed by atoms with Crippen molar-refractivity contribution in [3.05, 3.63) is 54.1 Å². The number of nitrogens with zero attached hydrogens (tertiary/aromatic N) is 1. The number of hydrazone groups is 1. The first-order valence-electron chi connectivity index (χ1n) is 7.51. The summed E-state index contributed by atoms with van der Waals surface area (Å²) in [6, 6.07) is 14.1. The van der Waals surface area contributed by atoms with E-state index in [1.54, 1.807) is 49.6 Å². The molecule has 0 aliphatic heterocycles. The molecule has 2 aromatic rings. The smallest absolute Gasteiger partial charge is 0.249 e. The molecule has 0 aromatic heterocycles. The van der Waals surface area contributed by atoms with Crippen LogP contribution in [-0.2, 0) is 9.59 Å². The second-order valence-corrected chi connectivity index (χ2v) is 4.99. The number of carbonyl (C=O) groups is 2. The molecular weight excluding hydrogens is 322 g/mol. The zero-order chi connectivity index (χ0) is 18.1. The number of ether oxygens (including phenoxy) is 2. The van der Waals surface area contributed by atoms with Crippen LogP contribution in [0.1, 0.15) is 12.0 Å². The Morgan fingerprint density at radius 2 is 1.80 bits per heavy atom. The highest BCUT2D eigenvalue weighted by atomic mass is 16.5. The summed E-state index contributed by atoms with van der Waals surface area (Å²) in [5.41, 5.74) is 3.61. The second-order valence-electron chi connectivity index (χ2n) is 4.99. The maximum Gasteiger partial charge on any atom is 0.249 e. The minimum Gasteiger partial charge on any atom is -0.497 e. The molecule has 0 spiro atoms. The molecule has 0 aliphatic carbocycles. The average Bonchev–Trinajstić information content (AvgIpc) is 2.62. The summed E-state index contributed by atoms with van der Waals surface area (Å²) in [6.07, 6.45) is 1.11. The van der Waals surface area contributed by atoms with Crippen LogP contribution in [0, 0.1) is 0 Å². The third-order valence-corrected chi connectivity index (χ3v) is 3.21. The Morgan fingerprint density at radius 3 is 2.48 bits per heavy atom.